The molecule has 6 atom stereocenters. The molecule has 0 saturated carbocycles. The number of amides is 2. The minimum atomic E-state index is -0.771. The Morgan fingerprint density at radius 3 is 2.61 bits per heavy atom. The van der Waals surface area contributed by atoms with Crippen molar-refractivity contribution < 1.29 is 24.2 Å². The number of aliphatic hydroxyl groups excluding tert-OH is 1. The van der Waals surface area contributed by atoms with Crippen molar-refractivity contribution in [1.82, 2.24) is 9.80 Å². The van der Waals surface area contributed by atoms with Gasteiger partial charge in [-0.25, -0.2) is 0 Å². The van der Waals surface area contributed by atoms with Crippen LogP contribution in [-0.2, 0) is 25.5 Å². The lowest BCUT2D eigenvalue weighted by Crippen LogP contribution is -2.58. The van der Waals surface area contributed by atoms with Crippen molar-refractivity contribution in [2.45, 2.75) is 86.8 Å². The minimum Gasteiger partial charge on any atom is -0.465 e. The Labute approximate surface area is 249 Å². The second-order valence-electron chi connectivity index (χ2n) is 11.9. The number of aliphatic hydroxyl groups is 1. The van der Waals surface area contributed by atoms with E-state index in [9.17, 15) is 19.5 Å². The number of ether oxygens (including phenoxy) is 1. The van der Waals surface area contributed by atoms with Gasteiger partial charge in [0.15, 0.2) is 0 Å². The third-order valence-corrected chi connectivity index (χ3v) is 11.1. The predicted octanol–water partition coefficient (Wildman–Crippen LogP) is 4.79. The number of thioether (sulfide) groups is 1. The summed E-state index contributed by atoms with van der Waals surface area (Å²) in [4.78, 5) is 46.2. The number of hydrogen-bond acceptors (Lipinski definition) is 6. The Balaban J connectivity index is 1.73. The standard InChI is InChI=1S/C33H46N2O5S/c1-5-8-13-20-34(19-7-3)30(38)28-33-18-17-32(4,41-33)27(31(39)40-21-14-9-6-2)26(33)29(37)35(28)25(23-36)22-24-15-11-10-12-16-24/h6-7,10-12,15-16,25-28,36H,2-3,5,8-9,13-14,17-23H2,1,4H3/t25-,26+,27-,28?,32+,33?/m1/s1. The highest BCUT2D eigenvalue weighted by atomic mass is 32.2. The molecule has 1 aromatic rings. The molecule has 224 valence electrons. The van der Waals surface area contributed by atoms with E-state index in [0.717, 1.165) is 37.7 Å². The van der Waals surface area contributed by atoms with Crippen molar-refractivity contribution in [3.05, 3.63) is 61.2 Å². The Hall–Kier alpha value is -2.58. The topological polar surface area (TPSA) is 87.1 Å². The first-order chi connectivity index (χ1) is 19.8. The molecule has 3 aliphatic heterocycles. The molecule has 1 N–H and O–H groups in total. The third-order valence-electron chi connectivity index (χ3n) is 9.11. The van der Waals surface area contributed by atoms with Crippen LogP contribution in [0.5, 0.6) is 0 Å². The molecule has 7 nitrogen and oxygen atoms in total. The van der Waals surface area contributed by atoms with E-state index in [2.05, 4.69) is 27.0 Å². The maximum absolute atomic E-state index is 14.6. The number of fused-ring (bicyclic) bond motifs is 1. The van der Waals surface area contributed by atoms with Gasteiger partial charge in [-0.1, -0.05) is 62.2 Å². The molecule has 3 fully saturated rings. The Morgan fingerprint density at radius 1 is 1.20 bits per heavy atom. The van der Waals surface area contributed by atoms with E-state index in [4.69, 9.17) is 4.74 Å². The maximum atomic E-state index is 14.6. The lowest BCUT2D eigenvalue weighted by Gasteiger charge is -2.39. The van der Waals surface area contributed by atoms with Crippen LogP contribution in [0.3, 0.4) is 0 Å². The van der Waals surface area contributed by atoms with Gasteiger partial charge in [-0.2, -0.15) is 0 Å². The number of allylic oxidation sites excluding steroid dienone is 1. The number of esters is 1. The molecular weight excluding hydrogens is 536 g/mol. The zero-order valence-electron chi connectivity index (χ0n) is 24.6. The summed E-state index contributed by atoms with van der Waals surface area (Å²) in [5, 5.41) is 10.7. The van der Waals surface area contributed by atoms with Gasteiger partial charge in [0, 0.05) is 17.8 Å². The minimum absolute atomic E-state index is 0.111. The average Bonchev–Trinajstić information content (AvgIpc) is 3.54. The second kappa shape index (κ2) is 13.6. The molecule has 1 spiro atoms. The fraction of sp³-hybridized carbons (Fsp3) is 0.606. The van der Waals surface area contributed by atoms with Gasteiger partial charge >= 0.3 is 5.97 Å². The first-order valence-electron chi connectivity index (χ1n) is 15.1. The van der Waals surface area contributed by atoms with E-state index >= 15 is 0 Å². The zero-order valence-corrected chi connectivity index (χ0v) is 25.4. The van der Waals surface area contributed by atoms with Crippen molar-refractivity contribution in [3.8, 4) is 0 Å². The van der Waals surface area contributed by atoms with Crippen LogP contribution in [0, 0.1) is 11.8 Å². The molecular formula is C33H46N2O5S. The van der Waals surface area contributed by atoms with Crippen LogP contribution in [0.25, 0.3) is 0 Å². The van der Waals surface area contributed by atoms with Gasteiger partial charge in [-0.15, -0.1) is 24.9 Å². The molecule has 41 heavy (non-hydrogen) atoms. The number of carbonyl (C=O) groups is 3. The van der Waals surface area contributed by atoms with Crippen LogP contribution in [0.4, 0.5) is 0 Å². The molecule has 3 aliphatic rings. The summed E-state index contributed by atoms with van der Waals surface area (Å²) in [6, 6.07) is 8.38. The highest BCUT2D eigenvalue weighted by Crippen LogP contribution is 2.71. The number of nitrogens with zero attached hydrogens (tertiary/aromatic N) is 2. The smallest absolute Gasteiger partial charge is 0.311 e. The fourth-order valence-corrected chi connectivity index (χ4v) is 9.52. The quantitative estimate of drug-likeness (QED) is 0.171. The SMILES string of the molecule is C=CCCCOC(=O)[C@H]1[C@H]2C(=O)N([C@@H](CO)Cc3ccccc3)C(C(=O)N(CC=C)CCCCC)C23CC[C@]1(C)S3. The first-order valence-corrected chi connectivity index (χ1v) is 15.9. The van der Waals surface area contributed by atoms with Crippen molar-refractivity contribution in [1.29, 1.82) is 0 Å². The Bertz CT molecular complexity index is 1110. The highest BCUT2D eigenvalue weighted by Gasteiger charge is 2.78. The van der Waals surface area contributed by atoms with Gasteiger partial charge in [0.2, 0.25) is 11.8 Å². The van der Waals surface area contributed by atoms with E-state index in [1.54, 1.807) is 28.8 Å². The molecule has 3 heterocycles. The lowest BCUT2D eigenvalue weighted by molar-refractivity contribution is -0.156. The van der Waals surface area contributed by atoms with Crippen molar-refractivity contribution in [3.63, 3.8) is 0 Å². The summed E-state index contributed by atoms with van der Waals surface area (Å²) in [5.41, 5.74) is 0.980. The molecule has 4 rings (SSSR count). The summed E-state index contributed by atoms with van der Waals surface area (Å²) in [5.74, 6) is -1.99. The van der Waals surface area contributed by atoms with Gasteiger partial charge in [0.25, 0.3) is 0 Å². The number of unbranched alkanes of at least 4 members (excludes halogenated alkanes) is 3. The van der Waals surface area contributed by atoms with Crippen molar-refractivity contribution >= 4 is 29.5 Å². The van der Waals surface area contributed by atoms with E-state index in [-0.39, 0.29) is 31.0 Å². The van der Waals surface area contributed by atoms with Crippen LogP contribution in [0.2, 0.25) is 0 Å². The van der Waals surface area contributed by atoms with E-state index in [1.165, 1.54) is 0 Å². The average molecular weight is 583 g/mol. The number of hydrogen-bond donors (Lipinski definition) is 1. The van der Waals surface area contributed by atoms with Crippen molar-refractivity contribution in [2.24, 2.45) is 11.8 Å². The van der Waals surface area contributed by atoms with Crippen LogP contribution in [-0.4, -0.2) is 80.6 Å². The third kappa shape index (κ3) is 6.00. The number of carbonyl (C=O) groups excluding carboxylic acids is 3. The van der Waals surface area contributed by atoms with E-state index in [0.29, 0.717) is 32.4 Å². The molecule has 2 amide bonds. The summed E-state index contributed by atoms with van der Waals surface area (Å²) in [7, 11) is 0. The van der Waals surface area contributed by atoms with Gasteiger partial charge in [0.05, 0.1) is 35.8 Å². The summed E-state index contributed by atoms with van der Waals surface area (Å²) < 4.78 is 4.50. The lowest BCUT2D eigenvalue weighted by atomic mass is 9.66. The molecule has 2 unspecified atom stereocenters. The molecule has 2 bridgehead atoms. The summed E-state index contributed by atoms with van der Waals surface area (Å²) in [6.07, 6.45) is 9.67. The molecule has 3 saturated heterocycles. The fourth-order valence-electron chi connectivity index (χ4n) is 7.19. The van der Waals surface area contributed by atoms with Gasteiger partial charge in [0.1, 0.15) is 6.04 Å². The predicted molar refractivity (Wildman–Crippen MR) is 163 cm³/mol. The number of benzene rings is 1. The van der Waals surface area contributed by atoms with Crippen LogP contribution in [0.15, 0.2) is 55.6 Å². The number of rotatable bonds is 16. The van der Waals surface area contributed by atoms with Crippen LogP contribution >= 0.6 is 11.8 Å². The molecule has 0 aliphatic carbocycles. The zero-order chi connectivity index (χ0) is 29.6. The van der Waals surface area contributed by atoms with E-state index < -0.39 is 33.4 Å². The first kappa shape index (κ1) is 31.4. The van der Waals surface area contributed by atoms with Gasteiger partial charge < -0.3 is 19.6 Å². The van der Waals surface area contributed by atoms with E-state index in [1.807, 2.05) is 35.2 Å². The Morgan fingerprint density at radius 2 is 1.95 bits per heavy atom. The highest BCUT2D eigenvalue weighted by molar-refractivity contribution is 8.02. The summed E-state index contributed by atoms with van der Waals surface area (Å²) >= 11 is 1.64. The van der Waals surface area contributed by atoms with Gasteiger partial charge in [-0.05, 0) is 51.0 Å². The van der Waals surface area contributed by atoms with Crippen LogP contribution in [0.1, 0.15) is 64.4 Å². The normalized spacial score (nSPS) is 28.8. The second-order valence-corrected chi connectivity index (χ2v) is 13.8. The number of likely N-dealkylation sites (tertiary alicyclic amines) is 1. The molecule has 1 aromatic carbocycles. The molecule has 0 radical (unpaired) electrons. The Kier molecular flexibility index (Phi) is 10.4. The molecule has 0 aromatic heterocycles. The van der Waals surface area contributed by atoms with Crippen LogP contribution < -0.4 is 0 Å². The maximum Gasteiger partial charge on any atom is 0.311 e. The molecule has 8 heteroatoms. The monoisotopic (exact) mass is 582 g/mol. The largest absolute Gasteiger partial charge is 0.465 e. The van der Waals surface area contributed by atoms with Gasteiger partial charge in [-0.3, -0.25) is 14.4 Å². The van der Waals surface area contributed by atoms with Crippen molar-refractivity contribution in [2.75, 3.05) is 26.3 Å². The summed E-state index contributed by atoms with van der Waals surface area (Å²) in [6.45, 7) is 12.8.